The molecule has 1 fully saturated rings. The molecule has 4 rings (SSSR count). The zero-order valence-corrected chi connectivity index (χ0v) is 19.2. The molecule has 0 amide bonds. The minimum Gasteiger partial charge on any atom is -0.236 e. The van der Waals surface area contributed by atoms with Crippen LogP contribution in [0.15, 0.2) is 64.1 Å². The number of amidine groups is 1. The average Bonchev–Trinajstić information content (AvgIpc) is 3.20. The van der Waals surface area contributed by atoms with Crippen LogP contribution in [0.4, 0.5) is 8.78 Å². The quantitative estimate of drug-likeness (QED) is 0.346. The second-order valence-corrected chi connectivity index (χ2v) is 10.00. The van der Waals surface area contributed by atoms with Gasteiger partial charge in [0.25, 0.3) is 5.92 Å². The van der Waals surface area contributed by atoms with Crippen molar-refractivity contribution in [1.82, 2.24) is 9.31 Å². The molecule has 1 unspecified atom stereocenters. The molecule has 0 aliphatic carbocycles. The Hall–Kier alpha value is -2.07. The van der Waals surface area contributed by atoms with E-state index in [0.717, 1.165) is 15.4 Å². The van der Waals surface area contributed by atoms with Gasteiger partial charge in [-0.1, -0.05) is 54.1 Å². The molecule has 0 spiro atoms. The molecule has 2 aromatic carbocycles. The van der Waals surface area contributed by atoms with Crippen molar-refractivity contribution in [2.45, 2.75) is 24.7 Å². The molecule has 2 heterocycles. The first-order valence-electron chi connectivity index (χ1n) is 9.95. The summed E-state index contributed by atoms with van der Waals surface area (Å²) in [6.07, 6.45) is -1.09. The molecule has 11 heteroatoms. The van der Waals surface area contributed by atoms with E-state index in [9.17, 15) is 17.2 Å². The summed E-state index contributed by atoms with van der Waals surface area (Å²) in [5.41, 5.74) is 2.49. The van der Waals surface area contributed by atoms with Crippen LogP contribution in [0.2, 0.25) is 5.02 Å². The fraction of sp³-hybridized carbons (Fsp3) is 0.333. The van der Waals surface area contributed by atoms with Gasteiger partial charge < -0.3 is 0 Å². The van der Waals surface area contributed by atoms with Crippen LogP contribution in [0.25, 0.3) is 0 Å². The molecular weight excluding hydrogens is 481 g/mol. The van der Waals surface area contributed by atoms with Gasteiger partial charge in [0.15, 0.2) is 0 Å². The molecule has 2 aliphatic rings. The van der Waals surface area contributed by atoms with Gasteiger partial charge in [-0.25, -0.2) is 13.8 Å². The summed E-state index contributed by atoms with van der Waals surface area (Å²) in [5.74, 6) is -3.05. The molecule has 2 aliphatic heterocycles. The van der Waals surface area contributed by atoms with E-state index < -0.39 is 29.0 Å². The van der Waals surface area contributed by atoms with Gasteiger partial charge in [0.2, 0.25) is 5.29 Å². The average molecular weight is 501 g/mol. The maximum absolute atomic E-state index is 13.4. The Morgan fingerprint density at radius 3 is 2.31 bits per heavy atom. The van der Waals surface area contributed by atoms with E-state index in [-0.39, 0.29) is 30.8 Å². The first kappa shape index (κ1) is 23.1. The molecule has 1 atom stereocenters. The highest BCUT2D eigenvalue weighted by atomic mass is 35.5. The Morgan fingerprint density at radius 1 is 1.06 bits per heavy atom. The van der Waals surface area contributed by atoms with Crippen molar-refractivity contribution in [1.29, 1.82) is 0 Å². The number of hydrogen-bond donors (Lipinski definition) is 0. The van der Waals surface area contributed by atoms with E-state index in [1.54, 1.807) is 12.1 Å². The zero-order chi connectivity index (χ0) is 22.9. The van der Waals surface area contributed by atoms with Crippen molar-refractivity contribution in [3.63, 3.8) is 0 Å². The standard InChI is InChI=1S/C21H20Cl2F2N4O2S/c22-17-8-6-16(7-9-17)19-18(15-4-2-1-3-5-15)14-29(26-19)20(23)27-32(30,31)28-12-10-21(24,25)11-13-28/h1-9,18H,10-14H2/b27-20-. The van der Waals surface area contributed by atoms with Crippen molar-refractivity contribution >= 4 is 44.4 Å². The third-order valence-electron chi connectivity index (χ3n) is 5.44. The van der Waals surface area contributed by atoms with Gasteiger partial charge in [-0.2, -0.15) is 17.8 Å². The maximum Gasteiger partial charge on any atom is 0.325 e. The molecular formula is C21H20Cl2F2N4O2S. The Kier molecular flexibility index (Phi) is 6.53. The van der Waals surface area contributed by atoms with Crippen molar-refractivity contribution in [2.75, 3.05) is 19.6 Å². The van der Waals surface area contributed by atoms with Crippen LogP contribution < -0.4 is 0 Å². The van der Waals surface area contributed by atoms with Gasteiger partial charge in [-0.05, 0) is 34.9 Å². The monoisotopic (exact) mass is 500 g/mol. The topological polar surface area (TPSA) is 65.3 Å². The lowest BCUT2D eigenvalue weighted by Gasteiger charge is -2.29. The van der Waals surface area contributed by atoms with Gasteiger partial charge in [0.1, 0.15) is 0 Å². The largest absolute Gasteiger partial charge is 0.325 e. The molecule has 1 saturated heterocycles. The summed E-state index contributed by atoms with van der Waals surface area (Å²) in [4.78, 5) is 0. The number of alkyl halides is 2. The fourth-order valence-electron chi connectivity index (χ4n) is 3.69. The number of piperidine rings is 1. The van der Waals surface area contributed by atoms with Gasteiger partial charge in [-0.3, -0.25) is 0 Å². The normalized spacial score (nSPS) is 22.1. The number of hydrazone groups is 1. The van der Waals surface area contributed by atoms with Crippen LogP contribution in [0.5, 0.6) is 0 Å². The highest BCUT2D eigenvalue weighted by molar-refractivity contribution is 7.88. The van der Waals surface area contributed by atoms with E-state index in [4.69, 9.17) is 23.2 Å². The van der Waals surface area contributed by atoms with Gasteiger partial charge >= 0.3 is 10.2 Å². The van der Waals surface area contributed by atoms with Crippen LogP contribution >= 0.6 is 23.2 Å². The van der Waals surface area contributed by atoms with E-state index in [2.05, 4.69) is 9.50 Å². The molecule has 170 valence electrons. The van der Waals surface area contributed by atoms with Crippen molar-refractivity contribution < 1.29 is 17.2 Å². The van der Waals surface area contributed by atoms with Crippen LogP contribution in [-0.2, 0) is 10.2 Å². The fourth-order valence-corrected chi connectivity index (χ4v) is 5.23. The van der Waals surface area contributed by atoms with Crippen LogP contribution in [-0.4, -0.2) is 54.3 Å². The minimum absolute atomic E-state index is 0.183. The summed E-state index contributed by atoms with van der Waals surface area (Å²) >= 11 is 12.3. The van der Waals surface area contributed by atoms with E-state index in [0.29, 0.717) is 10.7 Å². The van der Waals surface area contributed by atoms with E-state index in [1.165, 1.54) is 5.01 Å². The first-order chi connectivity index (χ1) is 15.1. The molecule has 0 radical (unpaired) electrons. The SMILES string of the molecule is O=S(=O)(/N=C(/Cl)N1CC(c2ccccc2)C(c2ccc(Cl)cc2)=N1)N1CCC(F)(F)CC1. The lowest BCUT2D eigenvalue weighted by atomic mass is 9.91. The molecule has 6 nitrogen and oxygen atoms in total. The third kappa shape index (κ3) is 5.11. The van der Waals surface area contributed by atoms with Gasteiger partial charge in [0, 0.05) is 36.9 Å². The summed E-state index contributed by atoms with van der Waals surface area (Å²) in [7, 11) is -4.21. The summed E-state index contributed by atoms with van der Waals surface area (Å²) in [5, 5.41) is 6.10. The predicted octanol–water partition coefficient (Wildman–Crippen LogP) is 4.71. The second kappa shape index (κ2) is 9.05. The van der Waals surface area contributed by atoms with Gasteiger partial charge in [0.05, 0.1) is 12.3 Å². The molecule has 2 aromatic rings. The summed E-state index contributed by atoms with van der Waals surface area (Å²) < 4.78 is 56.6. The molecule has 32 heavy (non-hydrogen) atoms. The Bertz CT molecular complexity index is 1130. The molecule has 0 saturated carbocycles. The van der Waals surface area contributed by atoms with Crippen molar-refractivity contribution in [2.24, 2.45) is 9.50 Å². The number of hydrogen-bond acceptors (Lipinski definition) is 3. The number of rotatable bonds is 4. The zero-order valence-electron chi connectivity index (χ0n) is 16.8. The Labute approximate surface area is 195 Å². The Morgan fingerprint density at radius 2 is 1.69 bits per heavy atom. The number of benzene rings is 2. The molecule has 0 bridgehead atoms. The Balaban J connectivity index is 1.62. The highest BCUT2D eigenvalue weighted by Crippen LogP contribution is 2.31. The van der Waals surface area contributed by atoms with Gasteiger partial charge in [-0.15, -0.1) is 4.40 Å². The second-order valence-electron chi connectivity index (χ2n) is 7.63. The summed E-state index contributed by atoms with van der Waals surface area (Å²) in [6.45, 7) is -0.345. The lowest BCUT2D eigenvalue weighted by molar-refractivity contribution is -0.0411. The van der Waals surface area contributed by atoms with Crippen molar-refractivity contribution in [3.8, 4) is 0 Å². The molecule has 0 aromatic heterocycles. The first-order valence-corrected chi connectivity index (χ1v) is 12.1. The van der Waals surface area contributed by atoms with Crippen molar-refractivity contribution in [3.05, 3.63) is 70.7 Å². The highest BCUT2D eigenvalue weighted by Gasteiger charge is 2.39. The van der Waals surface area contributed by atoms with Crippen LogP contribution in [0.1, 0.15) is 29.9 Å². The molecule has 0 N–H and O–H groups in total. The van der Waals surface area contributed by atoms with E-state index in [1.807, 2.05) is 42.5 Å². The van der Waals surface area contributed by atoms with Crippen LogP contribution in [0.3, 0.4) is 0 Å². The van der Waals surface area contributed by atoms with E-state index >= 15 is 0 Å². The number of halogens is 4. The number of nitrogens with zero attached hydrogens (tertiary/aromatic N) is 4. The lowest BCUT2D eigenvalue weighted by Crippen LogP contribution is -2.42. The minimum atomic E-state index is -4.21. The predicted molar refractivity (Wildman–Crippen MR) is 122 cm³/mol. The maximum atomic E-state index is 13.4. The smallest absolute Gasteiger partial charge is 0.236 e. The van der Waals surface area contributed by atoms with Crippen LogP contribution in [0, 0.1) is 0 Å². The third-order valence-corrected chi connectivity index (χ3v) is 7.49. The summed E-state index contributed by atoms with van der Waals surface area (Å²) in [6, 6.07) is 16.8.